The Balaban J connectivity index is 1.67. The van der Waals surface area contributed by atoms with Crippen molar-refractivity contribution < 1.29 is 24.5 Å². The fourth-order valence-electron chi connectivity index (χ4n) is 2.69. The summed E-state index contributed by atoms with van der Waals surface area (Å²) >= 11 is 2.10. The number of aromatic hydroxyl groups is 1. The number of carbonyl (C=O) groups is 2. The molecular formula is C24H17IN2O5. The largest absolute Gasteiger partial charge is 0.508 e. The monoisotopic (exact) mass is 540 g/mol. The maximum atomic E-state index is 12.4. The first-order valence-electron chi connectivity index (χ1n) is 9.32. The Bertz CT molecular complexity index is 1210. The van der Waals surface area contributed by atoms with Gasteiger partial charge in [-0.3, -0.25) is 4.79 Å². The number of aromatic carboxylic acids is 1. The Morgan fingerprint density at radius 2 is 1.75 bits per heavy atom. The summed E-state index contributed by atoms with van der Waals surface area (Å²) in [6.07, 6.45) is 1.48. The van der Waals surface area contributed by atoms with Crippen molar-refractivity contribution in [3.8, 4) is 17.6 Å². The minimum atomic E-state index is -0.982. The van der Waals surface area contributed by atoms with E-state index in [1.807, 2.05) is 6.07 Å². The molecule has 0 aliphatic carbocycles. The van der Waals surface area contributed by atoms with Crippen molar-refractivity contribution in [3.63, 3.8) is 0 Å². The van der Waals surface area contributed by atoms with E-state index < -0.39 is 11.9 Å². The third-order valence-corrected chi connectivity index (χ3v) is 5.20. The molecule has 0 atom stereocenters. The second-order valence-electron chi connectivity index (χ2n) is 6.65. The molecule has 0 aromatic heterocycles. The number of amides is 1. The summed E-state index contributed by atoms with van der Waals surface area (Å²) in [6, 6.07) is 19.5. The zero-order chi connectivity index (χ0) is 23.1. The van der Waals surface area contributed by atoms with E-state index in [0.717, 1.165) is 9.13 Å². The number of carboxylic acid groups (broad SMARTS) is 1. The van der Waals surface area contributed by atoms with Gasteiger partial charge in [0.05, 0.1) is 9.13 Å². The second kappa shape index (κ2) is 10.5. The highest BCUT2D eigenvalue weighted by Gasteiger charge is 2.11. The fraction of sp³-hybridized carbons (Fsp3) is 0.0417. The van der Waals surface area contributed by atoms with Gasteiger partial charge in [0.1, 0.15) is 29.7 Å². The molecular weight excluding hydrogens is 523 g/mol. The number of hydrogen-bond donors (Lipinski definition) is 3. The number of hydrogen-bond acceptors (Lipinski definition) is 5. The van der Waals surface area contributed by atoms with E-state index in [0.29, 0.717) is 17.0 Å². The minimum Gasteiger partial charge on any atom is -0.508 e. The molecule has 0 heterocycles. The van der Waals surface area contributed by atoms with Gasteiger partial charge in [-0.05, 0) is 88.3 Å². The number of benzene rings is 3. The summed E-state index contributed by atoms with van der Waals surface area (Å²) in [7, 11) is 0. The third kappa shape index (κ3) is 6.09. The molecule has 160 valence electrons. The molecule has 0 aliphatic heterocycles. The van der Waals surface area contributed by atoms with Gasteiger partial charge in [-0.15, -0.1) is 0 Å². The van der Waals surface area contributed by atoms with E-state index >= 15 is 0 Å². The topological polar surface area (TPSA) is 120 Å². The van der Waals surface area contributed by atoms with Gasteiger partial charge in [0.25, 0.3) is 5.91 Å². The number of phenolic OH excluding ortho intramolecular Hbond substituents is 1. The van der Waals surface area contributed by atoms with Gasteiger partial charge in [-0.2, -0.15) is 5.26 Å². The summed E-state index contributed by atoms with van der Waals surface area (Å²) < 4.78 is 6.59. The number of halogens is 1. The van der Waals surface area contributed by atoms with Crippen LogP contribution in [0.25, 0.3) is 6.08 Å². The first-order chi connectivity index (χ1) is 15.4. The minimum absolute atomic E-state index is 0.0685. The maximum absolute atomic E-state index is 12.4. The molecule has 7 nitrogen and oxygen atoms in total. The number of nitrogens with one attached hydrogen (secondary N) is 1. The fourth-order valence-corrected chi connectivity index (χ4v) is 3.38. The van der Waals surface area contributed by atoms with Crippen LogP contribution in [0.4, 0.5) is 5.69 Å². The van der Waals surface area contributed by atoms with Crippen LogP contribution in [0.1, 0.15) is 21.5 Å². The Hall–Kier alpha value is -3.84. The van der Waals surface area contributed by atoms with Crippen LogP contribution >= 0.6 is 22.6 Å². The van der Waals surface area contributed by atoms with Gasteiger partial charge in [0, 0.05) is 5.69 Å². The summed E-state index contributed by atoms with van der Waals surface area (Å²) in [5.41, 5.74) is 2.09. The number of rotatable bonds is 7. The van der Waals surface area contributed by atoms with Crippen LogP contribution in [0.15, 0.2) is 72.3 Å². The number of nitrogens with zero attached hydrogens (tertiary/aromatic N) is 1. The van der Waals surface area contributed by atoms with Crippen molar-refractivity contribution in [1.82, 2.24) is 0 Å². The van der Waals surface area contributed by atoms with Crippen molar-refractivity contribution in [2.24, 2.45) is 0 Å². The molecule has 0 saturated heterocycles. The number of nitriles is 1. The standard InChI is InChI=1S/C24H17IN2O5/c25-21-12-16(11-18(13-26)23(29)27-19-6-8-20(28)9-7-19)3-10-22(21)32-14-15-1-4-17(5-2-15)24(30)31/h1-12,28H,14H2,(H,27,29)(H,30,31)/b18-11+. The Kier molecular flexibility index (Phi) is 7.46. The van der Waals surface area contributed by atoms with Gasteiger partial charge < -0.3 is 20.3 Å². The number of ether oxygens (including phenoxy) is 1. The highest BCUT2D eigenvalue weighted by molar-refractivity contribution is 14.1. The SMILES string of the molecule is N#C/C(=C\c1ccc(OCc2ccc(C(=O)O)cc2)c(I)c1)C(=O)Nc1ccc(O)cc1. The summed E-state index contributed by atoms with van der Waals surface area (Å²) in [5.74, 6) is -0.840. The van der Waals surface area contributed by atoms with Gasteiger partial charge in [-0.25, -0.2) is 4.79 Å². The smallest absolute Gasteiger partial charge is 0.335 e. The van der Waals surface area contributed by atoms with E-state index in [4.69, 9.17) is 9.84 Å². The van der Waals surface area contributed by atoms with Crippen molar-refractivity contribution in [2.45, 2.75) is 6.61 Å². The van der Waals surface area contributed by atoms with Gasteiger partial charge in [0.2, 0.25) is 0 Å². The maximum Gasteiger partial charge on any atom is 0.335 e. The van der Waals surface area contributed by atoms with E-state index in [1.54, 1.807) is 30.3 Å². The first kappa shape index (κ1) is 22.8. The van der Waals surface area contributed by atoms with Crippen LogP contribution in [-0.2, 0) is 11.4 Å². The first-order valence-corrected chi connectivity index (χ1v) is 10.4. The summed E-state index contributed by atoms with van der Waals surface area (Å²) in [6.45, 7) is 0.267. The molecule has 0 radical (unpaired) electrons. The molecule has 8 heteroatoms. The second-order valence-corrected chi connectivity index (χ2v) is 7.81. The molecule has 3 aromatic rings. The lowest BCUT2D eigenvalue weighted by Crippen LogP contribution is -2.13. The molecule has 0 aliphatic rings. The van der Waals surface area contributed by atoms with E-state index in [2.05, 4.69) is 27.9 Å². The highest BCUT2D eigenvalue weighted by Crippen LogP contribution is 2.25. The highest BCUT2D eigenvalue weighted by atomic mass is 127. The van der Waals surface area contributed by atoms with Crippen LogP contribution < -0.4 is 10.1 Å². The predicted molar refractivity (Wildman–Crippen MR) is 127 cm³/mol. The zero-order valence-corrected chi connectivity index (χ0v) is 18.7. The third-order valence-electron chi connectivity index (χ3n) is 4.35. The predicted octanol–water partition coefficient (Wildman–Crippen LogP) is 4.82. The molecule has 0 fully saturated rings. The average molecular weight is 540 g/mol. The summed E-state index contributed by atoms with van der Waals surface area (Å²) in [4.78, 5) is 23.3. The molecule has 0 unspecified atom stereocenters. The Morgan fingerprint density at radius 3 is 2.34 bits per heavy atom. The summed E-state index contributed by atoms with van der Waals surface area (Å²) in [5, 5.41) is 30.3. The lowest BCUT2D eigenvalue weighted by Gasteiger charge is -2.10. The quantitative estimate of drug-likeness (QED) is 0.171. The number of phenols is 1. The zero-order valence-electron chi connectivity index (χ0n) is 16.6. The lowest BCUT2D eigenvalue weighted by molar-refractivity contribution is -0.112. The van der Waals surface area contributed by atoms with Crippen molar-refractivity contribution in [1.29, 1.82) is 5.26 Å². The van der Waals surface area contributed by atoms with E-state index in [-0.39, 0.29) is 23.5 Å². The molecule has 0 spiro atoms. The number of carboxylic acids is 1. The lowest BCUT2D eigenvalue weighted by atomic mass is 10.1. The van der Waals surface area contributed by atoms with Gasteiger partial charge in [0.15, 0.2) is 0 Å². The van der Waals surface area contributed by atoms with E-state index in [9.17, 15) is 20.0 Å². The number of anilines is 1. The van der Waals surface area contributed by atoms with Crippen LogP contribution in [-0.4, -0.2) is 22.1 Å². The van der Waals surface area contributed by atoms with Gasteiger partial charge in [-0.1, -0.05) is 18.2 Å². The molecule has 0 bridgehead atoms. The molecule has 32 heavy (non-hydrogen) atoms. The molecule has 1 amide bonds. The van der Waals surface area contributed by atoms with Crippen LogP contribution in [0, 0.1) is 14.9 Å². The Morgan fingerprint density at radius 1 is 1.06 bits per heavy atom. The molecule has 3 aromatic carbocycles. The van der Waals surface area contributed by atoms with Crippen molar-refractivity contribution in [3.05, 3.63) is 92.6 Å². The Labute approximate surface area is 197 Å². The van der Waals surface area contributed by atoms with Crippen LogP contribution in [0.3, 0.4) is 0 Å². The van der Waals surface area contributed by atoms with Crippen LogP contribution in [0.5, 0.6) is 11.5 Å². The normalized spacial score (nSPS) is 10.8. The van der Waals surface area contributed by atoms with Crippen LogP contribution in [0.2, 0.25) is 0 Å². The number of carbonyl (C=O) groups excluding carboxylic acids is 1. The molecule has 3 rings (SSSR count). The van der Waals surface area contributed by atoms with E-state index in [1.165, 1.54) is 42.5 Å². The average Bonchev–Trinajstić information content (AvgIpc) is 2.78. The van der Waals surface area contributed by atoms with Crippen molar-refractivity contribution in [2.75, 3.05) is 5.32 Å². The molecule has 0 saturated carbocycles. The van der Waals surface area contributed by atoms with Crippen molar-refractivity contribution >= 4 is 46.2 Å². The van der Waals surface area contributed by atoms with Gasteiger partial charge >= 0.3 is 5.97 Å². The molecule has 3 N–H and O–H groups in total.